The number of hydrogen-bond acceptors (Lipinski definition) is 5. The number of H-pyrrole nitrogens is 1. The highest BCUT2D eigenvalue weighted by Gasteiger charge is 2.14. The van der Waals surface area contributed by atoms with Crippen molar-refractivity contribution in [2.24, 2.45) is 0 Å². The number of aromatic nitrogens is 2. The Labute approximate surface area is 160 Å². The fourth-order valence-electron chi connectivity index (χ4n) is 2.49. The zero-order valence-electron chi connectivity index (χ0n) is 15.1. The summed E-state index contributed by atoms with van der Waals surface area (Å²) in [6.07, 6.45) is 1.38. The second kappa shape index (κ2) is 8.67. The summed E-state index contributed by atoms with van der Waals surface area (Å²) in [5.74, 6) is -1.53. The number of ether oxygens (including phenoxy) is 1. The van der Waals surface area contributed by atoms with Crippen molar-refractivity contribution in [3.63, 3.8) is 0 Å². The molecule has 0 saturated carbocycles. The van der Waals surface area contributed by atoms with Crippen LogP contribution in [0, 0.1) is 0 Å². The molecular formula is C19H19N5O4. The molecule has 0 aliphatic heterocycles. The maximum atomic E-state index is 12.1. The van der Waals surface area contributed by atoms with E-state index in [1.165, 1.54) is 13.3 Å². The van der Waals surface area contributed by atoms with Crippen molar-refractivity contribution in [2.75, 3.05) is 25.5 Å². The van der Waals surface area contributed by atoms with E-state index in [4.69, 9.17) is 4.74 Å². The lowest BCUT2D eigenvalue weighted by Gasteiger charge is -2.07. The number of rotatable bonds is 6. The van der Waals surface area contributed by atoms with Crippen LogP contribution in [0.2, 0.25) is 0 Å². The van der Waals surface area contributed by atoms with Crippen molar-refractivity contribution in [1.82, 2.24) is 20.6 Å². The maximum absolute atomic E-state index is 12.1. The van der Waals surface area contributed by atoms with E-state index in [0.717, 1.165) is 10.9 Å². The first-order chi connectivity index (χ1) is 13.6. The summed E-state index contributed by atoms with van der Waals surface area (Å²) in [6, 6.07) is 12.4. The predicted molar refractivity (Wildman–Crippen MR) is 103 cm³/mol. The van der Waals surface area contributed by atoms with Crippen molar-refractivity contribution in [3.05, 3.63) is 54.4 Å². The lowest BCUT2D eigenvalue weighted by Crippen LogP contribution is -2.40. The van der Waals surface area contributed by atoms with Gasteiger partial charge in [-0.1, -0.05) is 18.2 Å². The van der Waals surface area contributed by atoms with Crippen molar-refractivity contribution >= 4 is 34.3 Å². The number of amides is 3. The standard InChI is InChI=1S/C19H19N5O4/c1-28-16-7-6-13(11-22-16)23-19(27)18(26)21-9-8-20-17(25)15-10-12-4-2-3-5-14(12)24-15/h2-7,10-11,24H,8-9H2,1H3,(H,20,25)(H,21,26)(H,23,27). The molecule has 3 amide bonds. The predicted octanol–water partition coefficient (Wildman–Crippen LogP) is 1.06. The smallest absolute Gasteiger partial charge is 0.313 e. The lowest BCUT2D eigenvalue weighted by molar-refractivity contribution is -0.136. The summed E-state index contributed by atoms with van der Waals surface area (Å²) in [5, 5.41) is 8.47. The quantitative estimate of drug-likeness (QED) is 0.375. The van der Waals surface area contributed by atoms with Crippen LogP contribution in [0.25, 0.3) is 10.9 Å². The molecular weight excluding hydrogens is 362 g/mol. The zero-order chi connectivity index (χ0) is 19.9. The van der Waals surface area contributed by atoms with Gasteiger partial charge < -0.3 is 25.7 Å². The molecule has 9 heteroatoms. The molecule has 1 aromatic carbocycles. The van der Waals surface area contributed by atoms with E-state index in [1.54, 1.807) is 18.2 Å². The van der Waals surface area contributed by atoms with Gasteiger partial charge in [-0.15, -0.1) is 0 Å². The summed E-state index contributed by atoms with van der Waals surface area (Å²) in [5.41, 5.74) is 1.66. The first-order valence-corrected chi connectivity index (χ1v) is 8.52. The Morgan fingerprint density at radius 2 is 1.82 bits per heavy atom. The average molecular weight is 381 g/mol. The Morgan fingerprint density at radius 3 is 2.54 bits per heavy atom. The SMILES string of the molecule is COc1ccc(NC(=O)C(=O)NCCNC(=O)c2cc3ccccc3[nH]2)cn1. The number of carbonyl (C=O) groups excluding carboxylic acids is 3. The van der Waals surface area contributed by atoms with Crippen LogP contribution < -0.4 is 20.7 Å². The third kappa shape index (κ3) is 4.64. The maximum Gasteiger partial charge on any atom is 0.313 e. The number of pyridine rings is 1. The van der Waals surface area contributed by atoms with Crippen LogP contribution in [0.15, 0.2) is 48.7 Å². The van der Waals surface area contributed by atoms with Crippen LogP contribution in [0.4, 0.5) is 5.69 Å². The summed E-state index contributed by atoms with van der Waals surface area (Å²) in [7, 11) is 1.48. The minimum atomic E-state index is -0.825. The Morgan fingerprint density at radius 1 is 1.04 bits per heavy atom. The van der Waals surface area contributed by atoms with Gasteiger partial charge >= 0.3 is 11.8 Å². The molecule has 0 bridgehead atoms. The molecule has 9 nitrogen and oxygen atoms in total. The van der Waals surface area contributed by atoms with E-state index in [1.807, 2.05) is 24.3 Å². The Kier molecular flexibility index (Phi) is 5.85. The molecule has 144 valence electrons. The number of aromatic amines is 1. The third-order valence-electron chi connectivity index (χ3n) is 3.88. The van der Waals surface area contributed by atoms with Crippen LogP contribution in [-0.2, 0) is 9.59 Å². The van der Waals surface area contributed by atoms with E-state index >= 15 is 0 Å². The molecule has 3 aromatic rings. The average Bonchev–Trinajstić information content (AvgIpc) is 3.16. The number of anilines is 1. The number of benzene rings is 1. The van der Waals surface area contributed by atoms with E-state index < -0.39 is 11.8 Å². The molecule has 0 unspecified atom stereocenters. The van der Waals surface area contributed by atoms with Gasteiger partial charge in [0.15, 0.2) is 0 Å². The monoisotopic (exact) mass is 381 g/mol. The van der Waals surface area contributed by atoms with Gasteiger partial charge in [0, 0.05) is 30.1 Å². The summed E-state index contributed by atoms with van der Waals surface area (Å²) in [6.45, 7) is 0.288. The second-order valence-electron chi connectivity index (χ2n) is 5.83. The topological polar surface area (TPSA) is 125 Å². The molecule has 0 aliphatic rings. The Bertz CT molecular complexity index is 964. The van der Waals surface area contributed by atoms with E-state index in [-0.39, 0.29) is 19.0 Å². The van der Waals surface area contributed by atoms with E-state index in [2.05, 4.69) is 25.9 Å². The number of nitrogens with one attached hydrogen (secondary N) is 4. The molecule has 2 aromatic heterocycles. The largest absolute Gasteiger partial charge is 0.481 e. The van der Waals surface area contributed by atoms with Gasteiger partial charge in [0.05, 0.1) is 19.0 Å². The zero-order valence-corrected chi connectivity index (χ0v) is 15.1. The molecule has 0 fully saturated rings. The fourth-order valence-corrected chi connectivity index (χ4v) is 2.49. The van der Waals surface area contributed by atoms with Gasteiger partial charge in [-0.05, 0) is 18.2 Å². The van der Waals surface area contributed by atoms with Gasteiger partial charge in [-0.25, -0.2) is 4.98 Å². The molecule has 4 N–H and O–H groups in total. The number of para-hydroxylation sites is 1. The molecule has 28 heavy (non-hydrogen) atoms. The normalized spacial score (nSPS) is 10.3. The van der Waals surface area contributed by atoms with Gasteiger partial charge in [0.1, 0.15) is 5.69 Å². The molecule has 0 saturated heterocycles. The van der Waals surface area contributed by atoms with Crippen molar-refractivity contribution in [1.29, 1.82) is 0 Å². The minimum Gasteiger partial charge on any atom is -0.481 e. The summed E-state index contributed by atoms with van der Waals surface area (Å²) < 4.78 is 4.92. The second-order valence-corrected chi connectivity index (χ2v) is 5.83. The van der Waals surface area contributed by atoms with Crippen molar-refractivity contribution in [3.8, 4) is 5.88 Å². The minimum absolute atomic E-state index is 0.110. The van der Waals surface area contributed by atoms with Crippen molar-refractivity contribution in [2.45, 2.75) is 0 Å². The summed E-state index contributed by atoms with van der Waals surface area (Å²) >= 11 is 0. The number of nitrogens with zero attached hydrogens (tertiary/aromatic N) is 1. The van der Waals surface area contributed by atoms with Gasteiger partial charge in [0.2, 0.25) is 5.88 Å². The number of hydrogen-bond donors (Lipinski definition) is 4. The molecule has 0 spiro atoms. The molecule has 0 radical (unpaired) electrons. The highest BCUT2D eigenvalue weighted by molar-refractivity contribution is 6.39. The van der Waals surface area contributed by atoms with Gasteiger partial charge in [0.25, 0.3) is 5.91 Å². The van der Waals surface area contributed by atoms with Gasteiger partial charge in [-0.3, -0.25) is 14.4 Å². The van der Waals surface area contributed by atoms with Crippen LogP contribution >= 0.6 is 0 Å². The first kappa shape index (κ1) is 18.9. The van der Waals surface area contributed by atoms with Crippen LogP contribution in [0.3, 0.4) is 0 Å². The molecule has 0 aliphatic carbocycles. The summed E-state index contributed by atoms with van der Waals surface area (Å²) in [4.78, 5) is 42.7. The molecule has 0 atom stereocenters. The van der Waals surface area contributed by atoms with Crippen LogP contribution in [0.5, 0.6) is 5.88 Å². The van der Waals surface area contributed by atoms with E-state index in [0.29, 0.717) is 17.3 Å². The van der Waals surface area contributed by atoms with Crippen molar-refractivity contribution < 1.29 is 19.1 Å². The number of methoxy groups -OCH3 is 1. The Balaban J connectivity index is 1.41. The Hall–Kier alpha value is -3.88. The fraction of sp³-hybridized carbons (Fsp3) is 0.158. The van der Waals surface area contributed by atoms with Crippen LogP contribution in [-0.4, -0.2) is 47.9 Å². The lowest BCUT2D eigenvalue weighted by atomic mass is 10.2. The molecule has 2 heterocycles. The number of carbonyl (C=O) groups is 3. The third-order valence-corrected chi connectivity index (χ3v) is 3.88. The van der Waals surface area contributed by atoms with Gasteiger partial charge in [-0.2, -0.15) is 0 Å². The molecule has 3 rings (SSSR count). The highest BCUT2D eigenvalue weighted by Crippen LogP contribution is 2.14. The first-order valence-electron chi connectivity index (χ1n) is 8.52. The number of fused-ring (bicyclic) bond motifs is 1. The van der Waals surface area contributed by atoms with Crippen LogP contribution in [0.1, 0.15) is 10.5 Å². The highest BCUT2D eigenvalue weighted by atomic mass is 16.5. The van der Waals surface area contributed by atoms with E-state index in [9.17, 15) is 14.4 Å².